The topological polar surface area (TPSA) is 92.3 Å². The maximum absolute atomic E-state index is 13.1. The van der Waals surface area contributed by atoms with Crippen molar-refractivity contribution in [1.29, 1.82) is 0 Å². The van der Waals surface area contributed by atoms with E-state index in [9.17, 15) is 13.2 Å². The second kappa shape index (κ2) is 7.98. The van der Waals surface area contributed by atoms with Crippen molar-refractivity contribution in [1.82, 2.24) is 18.4 Å². The lowest BCUT2D eigenvalue weighted by Crippen LogP contribution is -2.45. The lowest BCUT2D eigenvalue weighted by molar-refractivity contribution is -0.126. The quantitative estimate of drug-likeness (QED) is 0.808. The summed E-state index contributed by atoms with van der Waals surface area (Å²) < 4.78 is 35.9. The number of hydrogen-bond acceptors (Lipinski definition) is 6. The first-order chi connectivity index (χ1) is 12.4. The molecule has 1 N–H and O–H groups in total. The van der Waals surface area contributed by atoms with E-state index >= 15 is 0 Å². The third-order valence-corrected chi connectivity index (χ3v) is 7.08. The van der Waals surface area contributed by atoms with Crippen LogP contribution in [-0.2, 0) is 14.8 Å². The van der Waals surface area contributed by atoms with E-state index in [1.165, 1.54) is 4.31 Å². The molecule has 0 aliphatic carbocycles. The normalized spacial score (nSPS) is 19.1. The van der Waals surface area contributed by atoms with Gasteiger partial charge in [-0.25, -0.2) is 8.42 Å². The summed E-state index contributed by atoms with van der Waals surface area (Å²) in [4.78, 5) is 12.6. The van der Waals surface area contributed by atoms with Crippen molar-refractivity contribution >= 4 is 38.7 Å². The number of nitrogens with one attached hydrogen (secondary N) is 1. The van der Waals surface area contributed by atoms with Crippen LogP contribution in [0.5, 0.6) is 0 Å². The Kier molecular flexibility index (Phi) is 5.89. The molecule has 0 spiro atoms. The third kappa shape index (κ3) is 4.05. The van der Waals surface area contributed by atoms with E-state index in [-0.39, 0.29) is 23.3 Å². The van der Waals surface area contributed by atoms with E-state index in [1.54, 1.807) is 18.2 Å². The molecule has 1 aliphatic heterocycles. The van der Waals surface area contributed by atoms with Crippen molar-refractivity contribution in [2.45, 2.75) is 38.0 Å². The molecule has 26 heavy (non-hydrogen) atoms. The van der Waals surface area contributed by atoms with Crippen molar-refractivity contribution in [3.05, 3.63) is 18.2 Å². The standard InChI is InChI=1S/C17H24N4O3S2/c1-12(2)8-9-18-17(22)13-5-4-10-21(11-13)26(23,24)15-7-3-6-14-16(15)20-25-19-14/h3,6-7,12-13H,4-5,8-11H2,1-2H3,(H,18,22)/t13-/m0/s1. The fourth-order valence-electron chi connectivity index (χ4n) is 3.13. The molecule has 1 aromatic heterocycles. The summed E-state index contributed by atoms with van der Waals surface area (Å²) >= 11 is 0.999. The van der Waals surface area contributed by atoms with E-state index in [1.807, 2.05) is 0 Å². The molecule has 142 valence electrons. The Morgan fingerprint density at radius 1 is 1.38 bits per heavy atom. The van der Waals surface area contributed by atoms with Gasteiger partial charge in [-0.3, -0.25) is 4.79 Å². The molecule has 7 nitrogen and oxygen atoms in total. The van der Waals surface area contributed by atoms with Crippen molar-refractivity contribution in [3.63, 3.8) is 0 Å². The molecule has 1 atom stereocenters. The number of aromatic nitrogens is 2. The molecule has 2 aromatic rings. The number of nitrogens with zero attached hydrogens (tertiary/aromatic N) is 3. The SMILES string of the molecule is CC(C)CCNC(=O)[C@H]1CCCN(S(=O)(=O)c2cccc3nsnc23)C1. The minimum atomic E-state index is -3.70. The zero-order chi connectivity index (χ0) is 18.7. The first-order valence-electron chi connectivity index (χ1n) is 8.88. The number of carbonyl (C=O) groups is 1. The first kappa shape index (κ1) is 19.2. The maximum Gasteiger partial charge on any atom is 0.245 e. The van der Waals surface area contributed by atoms with E-state index < -0.39 is 10.0 Å². The van der Waals surface area contributed by atoms with Crippen LogP contribution in [0, 0.1) is 11.8 Å². The van der Waals surface area contributed by atoms with Gasteiger partial charge < -0.3 is 5.32 Å². The molecule has 9 heteroatoms. The first-order valence-corrected chi connectivity index (χ1v) is 11.1. The summed E-state index contributed by atoms with van der Waals surface area (Å²) in [7, 11) is -3.70. The Labute approximate surface area is 158 Å². The smallest absolute Gasteiger partial charge is 0.245 e. The van der Waals surface area contributed by atoms with Crippen LogP contribution in [0.4, 0.5) is 0 Å². The summed E-state index contributed by atoms with van der Waals surface area (Å²) in [5.41, 5.74) is 0.983. The van der Waals surface area contributed by atoms with Gasteiger partial charge in [0.2, 0.25) is 15.9 Å². The van der Waals surface area contributed by atoms with Gasteiger partial charge in [0.1, 0.15) is 15.9 Å². The van der Waals surface area contributed by atoms with Crippen LogP contribution in [0.3, 0.4) is 0 Å². The van der Waals surface area contributed by atoms with E-state index in [0.29, 0.717) is 42.9 Å². The van der Waals surface area contributed by atoms with Gasteiger partial charge in [-0.15, -0.1) is 0 Å². The molecule has 0 radical (unpaired) electrons. The minimum absolute atomic E-state index is 0.0564. The largest absolute Gasteiger partial charge is 0.356 e. The van der Waals surface area contributed by atoms with E-state index in [4.69, 9.17) is 0 Å². The zero-order valence-corrected chi connectivity index (χ0v) is 16.6. The average Bonchev–Trinajstić information content (AvgIpc) is 3.10. The molecule has 1 amide bonds. The predicted octanol–water partition coefficient (Wildman–Crippen LogP) is 2.25. The van der Waals surface area contributed by atoms with Gasteiger partial charge in [0.25, 0.3) is 0 Å². The van der Waals surface area contributed by atoms with Crippen molar-refractivity contribution in [2.75, 3.05) is 19.6 Å². The summed E-state index contributed by atoms with van der Waals surface area (Å²) in [5, 5.41) is 2.94. The number of sulfonamides is 1. The molecule has 3 rings (SSSR count). The van der Waals surface area contributed by atoms with Crippen LogP contribution in [0.15, 0.2) is 23.1 Å². The van der Waals surface area contributed by atoms with Crippen LogP contribution in [0.1, 0.15) is 33.1 Å². The van der Waals surface area contributed by atoms with Crippen LogP contribution in [-0.4, -0.2) is 47.0 Å². The Bertz CT molecular complexity index is 879. The molecule has 1 aliphatic rings. The molecular formula is C17H24N4O3S2. The zero-order valence-electron chi connectivity index (χ0n) is 15.0. The average molecular weight is 397 g/mol. The molecule has 0 bridgehead atoms. The summed E-state index contributed by atoms with van der Waals surface area (Å²) in [6.07, 6.45) is 2.30. The summed E-state index contributed by atoms with van der Waals surface area (Å²) in [5.74, 6) is 0.156. The number of hydrogen-bond donors (Lipinski definition) is 1. The number of piperidine rings is 1. The summed E-state index contributed by atoms with van der Waals surface area (Å²) in [6, 6.07) is 4.99. The number of rotatable bonds is 6. The molecule has 1 aromatic carbocycles. The number of benzene rings is 1. The van der Waals surface area contributed by atoms with Crippen LogP contribution >= 0.6 is 11.7 Å². The van der Waals surface area contributed by atoms with Crippen LogP contribution in [0.25, 0.3) is 11.0 Å². The molecule has 0 saturated carbocycles. The predicted molar refractivity (Wildman–Crippen MR) is 101 cm³/mol. The minimum Gasteiger partial charge on any atom is -0.356 e. The van der Waals surface area contributed by atoms with Gasteiger partial charge in [0.05, 0.1) is 17.6 Å². The summed E-state index contributed by atoms with van der Waals surface area (Å²) in [6.45, 7) is 5.48. The highest BCUT2D eigenvalue weighted by Crippen LogP contribution is 2.28. The van der Waals surface area contributed by atoms with Gasteiger partial charge in [0, 0.05) is 19.6 Å². The lowest BCUT2D eigenvalue weighted by Gasteiger charge is -2.31. The molecule has 1 saturated heterocycles. The van der Waals surface area contributed by atoms with Crippen molar-refractivity contribution in [3.8, 4) is 0 Å². The Morgan fingerprint density at radius 3 is 2.96 bits per heavy atom. The Balaban J connectivity index is 1.74. The van der Waals surface area contributed by atoms with Crippen LogP contribution < -0.4 is 5.32 Å². The second-order valence-electron chi connectivity index (χ2n) is 7.06. The van der Waals surface area contributed by atoms with Crippen molar-refractivity contribution < 1.29 is 13.2 Å². The molecule has 2 heterocycles. The van der Waals surface area contributed by atoms with Gasteiger partial charge in [-0.05, 0) is 37.3 Å². The fraction of sp³-hybridized carbons (Fsp3) is 0.588. The number of amides is 1. The molecule has 1 fully saturated rings. The van der Waals surface area contributed by atoms with Gasteiger partial charge in [-0.1, -0.05) is 19.9 Å². The maximum atomic E-state index is 13.1. The number of carbonyl (C=O) groups excluding carboxylic acids is 1. The molecule has 0 unspecified atom stereocenters. The fourth-order valence-corrected chi connectivity index (χ4v) is 5.41. The highest BCUT2D eigenvalue weighted by molar-refractivity contribution is 7.89. The monoisotopic (exact) mass is 396 g/mol. The lowest BCUT2D eigenvalue weighted by atomic mass is 9.98. The van der Waals surface area contributed by atoms with Gasteiger partial charge in [0.15, 0.2) is 0 Å². The Morgan fingerprint density at radius 2 is 2.19 bits per heavy atom. The van der Waals surface area contributed by atoms with Crippen LogP contribution in [0.2, 0.25) is 0 Å². The Hall–Kier alpha value is -1.58. The second-order valence-corrected chi connectivity index (χ2v) is 9.50. The van der Waals surface area contributed by atoms with E-state index in [0.717, 1.165) is 18.1 Å². The highest BCUT2D eigenvalue weighted by atomic mass is 32.2. The van der Waals surface area contributed by atoms with Gasteiger partial charge >= 0.3 is 0 Å². The van der Waals surface area contributed by atoms with Crippen molar-refractivity contribution in [2.24, 2.45) is 11.8 Å². The molecular weight excluding hydrogens is 372 g/mol. The third-order valence-electron chi connectivity index (χ3n) is 4.64. The highest BCUT2D eigenvalue weighted by Gasteiger charge is 2.34. The number of fused-ring (bicyclic) bond motifs is 1. The van der Waals surface area contributed by atoms with Gasteiger partial charge in [-0.2, -0.15) is 13.1 Å². The van der Waals surface area contributed by atoms with E-state index in [2.05, 4.69) is 27.9 Å².